The first-order chi connectivity index (χ1) is 7.78. The first kappa shape index (κ1) is 10.6. The van der Waals surface area contributed by atoms with Gasteiger partial charge in [0.15, 0.2) is 0 Å². The van der Waals surface area contributed by atoms with Gasteiger partial charge in [0.05, 0.1) is 0 Å². The Morgan fingerprint density at radius 2 is 2.12 bits per heavy atom. The van der Waals surface area contributed by atoms with E-state index in [4.69, 9.17) is 0 Å². The fourth-order valence-electron chi connectivity index (χ4n) is 4.44. The van der Waals surface area contributed by atoms with E-state index in [2.05, 4.69) is 32.1 Å². The van der Waals surface area contributed by atoms with Gasteiger partial charge in [-0.1, -0.05) is 37.6 Å². The molecular weight excluding hydrogens is 192 g/mol. The average molecular weight is 216 g/mol. The number of hydrogen-bond acceptors (Lipinski definition) is 0. The maximum absolute atomic E-state index is 2.53. The van der Waals surface area contributed by atoms with Crippen molar-refractivity contribution < 1.29 is 0 Å². The van der Waals surface area contributed by atoms with Crippen molar-refractivity contribution in [3.63, 3.8) is 0 Å². The molecule has 5 unspecified atom stereocenters. The van der Waals surface area contributed by atoms with Crippen LogP contribution in [0.15, 0.2) is 23.8 Å². The molecule has 0 aromatic carbocycles. The summed E-state index contributed by atoms with van der Waals surface area (Å²) >= 11 is 0. The van der Waals surface area contributed by atoms with Crippen molar-refractivity contribution in [1.82, 2.24) is 0 Å². The molecule has 0 spiro atoms. The normalized spacial score (nSPS) is 48.4. The summed E-state index contributed by atoms with van der Waals surface area (Å²) in [6, 6.07) is 0. The van der Waals surface area contributed by atoms with Gasteiger partial charge in [0.25, 0.3) is 0 Å². The van der Waals surface area contributed by atoms with Crippen molar-refractivity contribution in [1.29, 1.82) is 0 Å². The standard InChI is InChI=1S/C16H24/c1-3-4-12-8-15-9-14(12)10-16(15)13-6-5-11(2)7-13/h4-6,11,13-16H,3,7-10H2,1-2H3. The van der Waals surface area contributed by atoms with Crippen LogP contribution in [-0.4, -0.2) is 0 Å². The van der Waals surface area contributed by atoms with E-state index in [1.54, 1.807) is 5.57 Å². The molecule has 0 nitrogen and oxygen atoms in total. The van der Waals surface area contributed by atoms with Gasteiger partial charge in [-0.25, -0.2) is 0 Å². The van der Waals surface area contributed by atoms with Crippen LogP contribution < -0.4 is 0 Å². The molecule has 88 valence electrons. The smallest absolute Gasteiger partial charge is 0.0197 e. The van der Waals surface area contributed by atoms with Gasteiger partial charge in [-0.05, 0) is 61.7 Å². The lowest BCUT2D eigenvalue weighted by Crippen LogP contribution is -2.19. The monoisotopic (exact) mass is 216 g/mol. The summed E-state index contributed by atoms with van der Waals surface area (Å²) in [6.07, 6.45) is 14.6. The van der Waals surface area contributed by atoms with E-state index in [1.807, 2.05) is 0 Å². The predicted molar refractivity (Wildman–Crippen MR) is 69.1 cm³/mol. The van der Waals surface area contributed by atoms with Crippen molar-refractivity contribution in [2.24, 2.45) is 29.6 Å². The van der Waals surface area contributed by atoms with Gasteiger partial charge < -0.3 is 0 Å². The molecule has 0 heteroatoms. The van der Waals surface area contributed by atoms with Gasteiger partial charge in [-0.3, -0.25) is 0 Å². The van der Waals surface area contributed by atoms with Crippen LogP contribution in [0.2, 0.25) is 0 Å². The van der Waals surface area contributed by atoms with Crippen molar-refractivity contribution in [2.45, 2.75) is 46.0 Å². The number of hydrogen-bond donors (Lipinski definition) is 0. The Morgan fingerprint density at radius 1 is 1.25 bits per heavy atom. The minimum Gasteiger partial charge on any atom is -0.0854 e. The lowest BCUT2D eigenvalue weighted by Gasteiger charge is -2.28. The van der Waals surface area contributed by atoms with Crippen LogP contribution in [0.1, 0.15) is 46.0 Å². The first-order valence-electron chi connectivity index (χ1n) is 7.15. The third-order valence-corrected chi connectivity index (χ3v) is 5.12. The third-order valence-electron chi connectivity index (χ3n) is 5.12. The van der Waals surface area contributed by atoms with Gasteiger partial charge >= 0.3 is 0 Å². The molecule has 3 rings (SSSR count). The zero-order valence-corrected chi connectivity index (χ0v) is 10.7. The second-order valence-corrected chi connectivity index (χ2v) is 6.25. The molecule has 5 atom stereocenters. The highest BCUT2D eigenvalue weighted by atomic mass is 14.5. The van der Waals surface area contributed by atoms with Crippen molar-refractivity contribution in [2.75, 3.05) is 0 Å². The highest BCUT2D eigenvalue weighted by Crippen LogP contribution is 2.55. The maximum atomic E-state index is 2.53. The molecular formula is C16H24. The summed E-state index contributed by atoms with van der Waals surface area (Å²) in [5.41, 5.74) is 1.80. The largest absolute Gasteiger partial charge is 0.0854 e. The Bertz CT molecular complexity index is 323. The molecule has 2 bridgehead atoms. The van der Waals surface area contributed by atoms with Crippen molar-refractivity contribution in [3.05, 3.63) is 23.8 Å². The summed E-state index contributed by atoms with van der Waals surface area (Å²) < 4.78 is 0. The molecule has 0 radical (unpaired) electrons. The molecule has 0 N–H and O–H groups in total. The van der Waals surface area contributed by atoms with E-state index in [0.29, 0.717) is 0 Å². The molecule has 3 aliphatic rings. The second-order valence-electron chi connectivity index (χ2n) is 6.25. The first-order valence-corrected chi connectivity index (χ1v) is 7.15. The molecule has 0 amide bonds. The van der Waals surface area contributed by atoms with Crippen LogP contribution in [0, 0.1) is 29.6 Å². The lowest BCUT2D eigenvalue weighted by molar-refractivity contribution is 0.275. The Balaban J connectivity index is 1.67. The van der Waals surface area contributed by atoms with E-state index in [9.17, 15) is 0 Å². The van der Waals surface area contributed by atoms with Crippen molar-refractivity contribution >= 4 is 0 Å². The van der Waals surface area contributed by atoms with Crippen LogP contribution >= 0.6 is 0 Å². The van der Waals surface area contributed by atoms with Crippen LogP contribution in [-0.2, 0) is 0 Å². The molecule has 2 saturated carbocycles. The Hall–Kier alpha value is -0.520. The van der Waals surface area contributed by atoms with E-state index >= 15 is 0 Å². The van der Waals surface area contributed by atoms with E-state index in [0.717, 1.165) is 29.6 Å². The van der Waals surface area contributed by atoms with Crippen LogP contribution in [0.5, 0.6) is 0 Å². The molecule has 16 heavy (non-hydrogen) atoms. The molecule has 3 aliphatic carbocycles. The van der Waals surface area contributed by atoms with Crippen LogP contribution in [0.25, 0.3) is 0 Å². The fraction of sp³-hybridized carbons (Fsp3) is 0.750. The maximum Gasteiger partial charge on any atom is -0.0197 e. The van der Waals surface area contributed by atoms with Gasteiger partial charge in [-0.15, -0.1) is 0 Å². The Labute approximate surface area is 99.8 Å². The lowest BCUT2D eigenvalue weighted by atomic mass is 9.77. The topological polar surface area (TPSA) is 0 Å². The molecule has 0 heterocycles. The predicted octanol–water partition coefficient (Wildman–Crippen LogP) is 4.58. The molecule has 0 saturated heterocycles. The van der Waals surface area contributed by atoms with Crippen LogP contribution in [0.4, 0.5) is 0 Å². The van der Waals surface area contributed by atoms with E-state index in [1.165, 1.54) is 32.1 Å². The number of rotatable bonds is 2. The molecule has 0 aromatic rings. The van der Waals surface area contributed by atoms with Gasteiger partial charge in [0.1, 0.15) is 0 Å². The zero-order valence-electron chi connectivity index (χ0n) is 10.7. The molecule has 2 fully saturated rings. The van der Waals surface area contributed by atoms with E-state index in [-0.39, 0.29) is 0 Å². The summed E-state index contributed by atoms with van der Waals surface area (Å²) in [5, 5.41) is 0. The highest BCUT2D eigenvalue weighted by Gasteiger charge is 2.45. The Morgan fingerprint density at radius 3 is 2.69 bits per heavy atom. The number of allylic oxidation sites excluding steroid dienone is 4. The summed E-state index contributed by atoms with van der Waals surface area (Å²) in [4.78, 5) is 0. The summed E-state index contributed by atoms with van der Waals surface area (Å²) in [6.45, 7) is 4.64. The van der Waals surface area contributed by atoms with Gasteiger partial charge in [0.2, 0.25) is 0 Å². The molecule has 0 aromatic heterocycles. The SMILES string of the molecule is CCC=C1CC2CC1CC2C1C=CC(C)C1. The third kappa shape index (κ3) is 1.67. The van der Waals surface area contributed by atoms with Crippen molar-refractivity contribution in [3.8, 4) is 0 Å². The van der Waals surface area contributed by atoms with Gasteiger partial charge in [0, 0.05) is 0 Å². The summed E-state index contributed by atoms with van der Waals surface area (Å²) in [7, 11) is 0. The Kier molecular flexibility index (Phi) is 2.69. The minimum atomic E-state index is 0.842. The quantitative estimate of drug-likeness (QED) is 0.593. The molecule has 0 aliphatic heterocycles. The van der Waals surface area contributed by atoms with E-state index < -0.39 is 0 Å². The fourth-order valence-corrected chi connectivity index (χ4v) is 4.44. The highest BCUT2D eigenvalue weighted by molar-refractivity contribution is 5.20. The second kappa shape index (κ2) is 4.05. The average Bonchev–Trinajstić information content (AvgIpc) is 2.92. The number of fused-ring (bicyclic) bond motifs is 2. The minimum absolute atomic E-state index is 0.842. The zero-order chi connectivity index (χ0) is 11.1. The van der Waals surface area contributed by atoms with Crippen LogP contribution in [0.3, 0.4) is 0 Å². The summed E-state index contributed by atoms with van der Waals surface area (Å²) in [5.74, 6) is 4.80. The van der Waals surface area contributed by atoms with Gasteiger partial charge in [-0.2, -0.15) is 0 Å².